The number of primary amides is 1. The van der Waals surface area contributed by atoms with Gasteiger partial charge < -0.3 is 21.2 Å². The number of para-hydroxylation sites is 1. The quantitative estimate of drug-likeness (QED) is 0.334. The first kappa shape index (κ1) is 13.7. The number of carbonyl (C=O) groups is 2. The lowest BCUT2D eigenvalue weighted by atomic mass is 10.1. The number of halogens is 1. The Morgan fingerprint density at radius 2 is 2.11 bits per heavy atom. The van der Waals surface area contributed by atoms with E-state index in [4.69, 9.17) is 11.6 Å². The zero-order valence-corrected chi connectivity index (χ0v) is 9.40. The molecule has 0 atom stereocenters. The Morgan fingerprint density at radius 1 is 1.39 bits per heavy atom. The molecule has 0 radical (unpaired) electrons. The first-order chi connectivity index (χ1) is 8.56. The maximum absolute atomic E-state index is 13.3. The lowest BCUT2D eigenvalue weighted by Gasteiger charge is -2.10. The average molecular weight is 256 g/mol. The summed E-state index contributed by atoms with van der Waals surface area (Å²) in [4.78, 5) is 21.9. The Kier molecular flexibility index (Phi) is 4.88. The van der Waals surface area contributed by atoms with E-state index in [1.807, 2.05) is 0 Å². The number of ether oxygens (including phenoxy) is 1. The van der Waals surface area contributed by atoms with Crippen LogP contribution in [0.1, 0.15) is 10.4 Å². The van der Waals surface area contributed by atoms with Crippen LogP contribution in [-0.2, 0) is 4.74 Å². The number of hydrogen-bond donors (Lipinski definition) is 4. The second kappa shape index (κ2) is 6.40. The molecule has 6 N–H and O–H groups in total. The van der Waals surface area contributed by atoms with E-state index in [-0.39, 0.29) is 24.4 Å². The maximum Gasteiger partial charge on any atom is 0.404 e. The highest BCUT2D eigenvalue weighted by molar-refractivity contribution is 5.99. The van der Waals surface area contributed by atoms with Gasteiger partial charge in [0, 0.05) is 0 Å². The molecule has 0 saturated heterocycles. The van der Waals surface area contributed by atoms with Crippen LogP contribution in [0.2, 0.25) is 0 Å². The fourth-order valence-corrected chi connectivity index (χ4v) is 1.27. The molecule has 0 fully saturated rings. The van der Waals surface area contributed by atoms with Gasteiger partial charge in [0.1, 0.15) is 12.4 Å². The average Bonchev–Trinajstić information content (AvgIpc) is 2.33. The number of amides is 2. The van der Waals surface area contributed by atoms with Crippen LogP contribution in [0.15, 0.2) is 18.2 Å². The lowest BCUT2D eigenvalue weighted by molar-refractivity contribution is 0.0937. The predicted octanol–water partition coefficient (Wildman–Crippen LogP) is -0.0636. The molecule has 8 heteroatoms. The third kappa shape index (κ3) is 3.59. The number of nitrogens with two attached hydrogens (primary N) is 2. The molecule has 1 aromatic carbocycles. The molecule has 7 nitrogen and oxygen atoms in total. The van der Waals surface area contributed by atoms with E-state index in [1.54, 1.807) is 0 Å². The molecule has 0 aliphatic rings. The summed E-state index contributed by atoms with van der Waals surface area (Å²) in [5.41, 5.74) is 6.79. The molecule has 0 spiro atoms. The van der Waals surface area contributed by atoms with E-state index in [9.17, 15) is 14.0 Å². The summed E-state index contributed by atoms with van der Waals surface area (Å²) in [6.45, 7) is -0.00985. The Labute approximate surface area is 102 Å². The largest absolute Gasteiger partial charge is 0.448 e. The molecule has 0 aliphatic carbocycles. The van der Waals surface area contributed by atoms with E-state index in [0.29, 0.717) is 0 Å². The van der Waals surface area contributed by atoms with Gasteiger partial charge in [-0.2, -0.15) is 0 Å². The first-order valence-corrected chi connectivity index (χ1v) is 5.01. The molecule has 0 saturated carbocycles. The van der Waals surface area contributed by atoms with Crippen LogP contribution in [0.3, 0.4) is 0 Å². The molecule has 1 rings (SSSR count). The summed E-state index contributed by atoms with van der Waals surface area (Å²) in [6.07, 6.45) is -0.931. The molecule has 18 heavy (non-hydrogen) atoms. The predicted molar refractivity (Wildman–Crippen MR) is 62.1 cm³/mol. The van der Waals surface area contributed by atoms with Crippen molar-refractivity contribution in [1.29, 1.82) is 0 Å². The number of anilines is 1. The number of hydrogen-bond acceptors (Lipinski definition) is 5. The molecule has 0 unspecified atom stereocenters. The molecule has 0 bridgehead atoms. The minimum atomic E-state index is -0.931. The topological polar surface area (TPSA) is 119 Å². The van der Waals surface area contributed by atoms with E-state index in [0.717, 1.165) is 0 Å². The van der Waals surface area contributed by atoms with Gasteiger partial charge in [0.05, 0.1) is 17.8 Å². The second-order valence-electron chi connectivity index (χ2n) is 3.23. The van der Waals surface area contributed by atoms with E-state index < -0.39 is 17.8 Å². The van der Waals surface area contributed by atoms with Gasteiger partial charge >= 0.3 is 6.09 Å². The zero-order valence-electron chi connectivity index (χ0n) is 9.40. The molecule has 2 amide bonds. The Hall–Kier alpha value is -2.35. The smallest absolute Gasteiger partial charge is 0.404 e. The fourth-order valence-electron chi connectivity index (χ4n) is 1.27. The van der Waals surface area contributed by atoms with Crippen molar-refractivity contribution in [3.63, 3.8) is 0 Å². The summed E-state index contributed by atoms with van der Waals surface area (Å²) < 4.78 is 17.7. The van der Waals surface area contributed by atoms with E-state index in [1.165, 1.54) is 18.2 Å². The van der Waals surface area contributed by atoms with Crippen molar-refractivity contribution in [2.24, 2.45) is 11.6 Å². The van der Waals surface area contributed by atoms with Crippen molar-refractivity contribution < 1.29 is 18.7 Å². The number of benzene rings is 1. The van der Waals surface area contributed by atoms with Crippen molar-refractivity contribution in [2.45, 2.75) is 0 Å². The maximum atomic E-state index is 13.3. The normalized spacial score (nSPS) is 9.67. The fraction of sp³-hybridized carbons (Fsp3) is 0.200. The van der Waals surface area contributed by atoms with Crippen LogP contribution >= 0.6 is 0 Å². The summed E-state index contributed by atoms with van der Waals surface area (Å²) in [5, 5.41) is 2.42. The van der Waals surface area contributed by atoms with Crippen LogP contribution in [0.5, 0.6) is 0 Å². The van der Waals surface area contributed by atoms with Crippen LogP contribution in [0.25, 0.3) is 0 Å². The van der Waals surface area contributed by atoms with Crippen LogP contribution < -0.4 is 22.3 Å². The zero-order chi connectivity index (χ0) is 13.5. The second-order valence-corrected chi connectivity index (χ2v) is 3.23. The minimum Gasteiger partial charge on any atom is -0.448 e. The summed E-state index contributed by atoms with van der Waals surface area (Å²) >= 11 is 0. The number of hydrazine groups is 1. The molecular formula is C10H13FN4O3. The minimum absolute atomic E-state index is 0.0524. The highest BCUT2D eigenvalue weighted by Crippen LogP contribution is 2.18. The van der Waals surface area contributed by atoms with Crippen LogP contribution in [-0.4, -0.2) is 25.2 Å². The first-order valence-electron chi connectivity index (χ1n) is 5.01. The van der Waals surface area contributed by atoms with Crippen molar-refractivity contribution in [2.75, 3.05) is 18.6 Å². The molecule has 98 valence electrons. The number of nitrogen functional groups attached to an aromatic ring is 1. The number of nitrogens with one attached hydrogen (secondary N) is 2. The lowest BCUT2D eigenvalue weighted by Crippen LogP contribution is -2.30. The van der Waals surface area contributed by atoms with Gasteiger partial charge in [-0.15, -0.1) is 0 Å². The summed E-state index contributed by atoms with van der Waals surface area (Å²) in [5.74, 6) is 3.94. The van der Waals surface area contributed by atoms with Crippen LogP contribution in [0, 0.1) is 5.82 Å². The highest BCUT2D eigenvalue weighted by atomic mass is 19.1. The van der Waals surface area contributed by atoms with Crippen molar-refractivity contribution in [3.8, 4) is 0 Å². The van der Waals surface area contributed by atoms with Crippen LogP contribution in [0.4, 0.5) is 14.9 Å². The Balaban J connectivity index is 2.61. The number of rotatable bonds is 5. The molecule has 1 aromatic rings. The van der Waals surface area contributed by atoms with Gasteiger partial charge in [-0.05, 0) is 12.1 Å². The number of carbonyl (C=O) groups excluding carboxylic acids is 2. The van der Waals surface area contributed by atoms with Crippen molar-refractivity contribution >= 4 is 17.7 Å². The summed E-state index contributed by atoms with van der Waals surface area (Å²) in [6, 6.07) is 3.95. The van der Waals surface area contributed by atoms with Gasteiger partial charge in [0.25, 0.3) is 5.91 Å². The molecule has 0 heterocycles. The van der Waals surface area contributed by atoms with E-state index in [2.05, 4.69) is 15.5 Å². The Morgan fingerprint density at radius 3 is 2.72 bits per heavy atom. The SMILES string of the molecule is NNc1c(F)cccc1C(=O)NCCOC(N)=O. The van der Waals surface area contributed by atoms with Gasteiger partial charge in [-0.25, -0.2) is 9.18 Å². The van der Waals surface area contributed by atoms with Gasteiger partial charge in [-0.1, -0.05) is 6.07 Å². The molecule has 0 aliphatic heterocycles. The van der Waals surface area contributed by atoms with Crippen molar-refractivity contribution in [3.05, 3.63) is 29.6 Å². The third-order valence-corrected chi connectivity index (χ3v) is 2.03. The molecular weight excluding hydrogens is 243 g/mol. The Bertz CT molecular complexity index is 453. The third-order valence-electron chi connectivity index (χ3n) is 2.03. The van der Waals surface area contributed by atoms with Gasteiger partial charge in [-0.3, -0.25) is 10.6 Å². The monoisotopic (exact) mass is 256 g/mol. The van der Waals surface area contributed by atoms with E-state index >= 15 is 0 Å². The van der Waals surface area contributed by atoms with Gasteiger partial charge in [0.2, 0.25) is 0 Å². The standard InChI is InChI=1S/C10H13FN4O3/c11-7-3-1-2-6(8(7)15-13)9(16)14-4-5-18-10(12)17/h1-3,15H,4-5,13H2,(H2,12,17)(H,14,16). The molecule has 0 aromatic heterocycles. The highest BCUT2D eigenvalue weighted by Gasteiger charge is 2.13. The van der Waals surface area contributed by atoms with Gasteiger partial charge in [0.15, 0.2) is 0 Å². The summed E-state index contributed by atoms with van der Waals surface area (Å²) in [7, 11) is 0. The van der Waals surface area contributed by atoms with Crippen molar-refractivity contribution in [1.82, 2.24) is 5.32 Å².